The van der Waals surface area contributed by atoms with Gasteiger partial charge in [0.05, 0.1) is 27.0 Å². The first-order chi connectivity index (χ1) is 10.9. The fourth-order valence-corrected chi connectivity index (χ4v) is 3.61. The van der Waals surface area contributed by atoms with Crippen molar-refractivity contribution in [1.29, 1.82) is 0 Å². The Morgan fingerprint density at radius 3 is 2.48 bits per heavy atom. The van der Waals surface area contributed by atoms with Crippen molar-refractivity contribution < 1.29 is 13.3 Å². The van der Waals surface area contributed by atoms with E-state index in [1.807, 2.05) is 0 Å². The van der Waals surface area contributed by atoms with Gasteiger partial charge in [-0.2, -0.15) is 0 Å². The van der Waals surface area contributed by atoms with Crippen LogP contribution in [0.2, 0.25) is 0 Å². The Labute approximate surface area is 129 Å². The first-order valence-electron chi connectivity index (χ1n) is 6.37. The Balaban J connectivity index is 2.39. The summed E-state index contributed by atoms with van der Waals surface area (Å²) >= 11 is 0. The van der Waals surface area contributed by atoms with Crippen LogP contribution < -0.4 is 5.56 Å². The number of aromatic nitrogens is 2. The number of benzene rings is 2. The predicted octanol–water partition coefficient (Wildman–Crippen LogP) is 1.66. The van der Waals surface area contributed by atoms with E-state index in [1.165, 1.54) is 24.3 Å². The number of hydrogen-bond acceptors (Lipinski definition) is 6. The lowest BCUT2D eigenvalue weighted by Crippen LogP contribution is -2.10. The van der Waals surface area contributed by atoms with Crippen LogP contribution in [-0.2, 0) is 9.84 Å². The number of fused-ring (bicyclic) bond motifs is 1. The van der Waals surface area contributed by atoms with Crippen LogP contribution in [0.4, 0.5) is 5.69 Å². The average molecular weight is 331 g/mol. The normalized spacial score (nSPS) is 11.5. The second-order valence-corrected chi connectivity index (χ2v) is 6.56. The van der Waals surface area contributed by atoms with Gasteiger partial charge in [-0.25, -0.2) is 13.4 Å². The Kier molecular flexibility index (Phi) is 3.41. The largest absolute Gasteiger partial charge is 0.313 e. The summed E-state index contributed by atoms with van der Waals surface area (Å²) in [5.74, 6) is 0. The molecule has 0 bridgehead atoms. The molecule has 3 aromatic rings. The van der Waals surface area contributed by atoms with Gasteiger partial charge in [0.2, 0.25) is 9.84 Å². The lowest BCUT2D eigenvalue weighted by atomic mass is 10.2. The highest BCUT2D eigenvalue weighted by Gasteiger charge is 2.29. The molecule has 0 radical (unpaired) electrons. The first-order valence-corrected chi connectivity index (χ1v) is 7.85. The van der Waals surface area contributed by atoms with Crippen molar-refractivity contribution in [1.82, 2.24) is 9.97 Å². The molecule has 0 aliphatic carbocycles. The van der Waals surface area contributed by atoms with Crippen molar-refractivity contribution in [2.24, 2.45) is 0 Å². The second-order valence-electron chi connectivity index (χ2n) is 4.64. The van der Waals surface area contributed by atoms with Crippen LogP contribution in [0, 0.1) is 10.1 Å². The van der Waals surface area contributed by atoms with Gasteiger partial charge >= 0.3 is 0 Å². The molecule has 0 aliphatic heterocycles. The molecule has 0 fully saturated rings. The minimum Gasteiger partial charge on any atom is -0.313 e. The van der Waals surface area contributed by atoms with Crippen molar-refractivity contribution in [2.75, 3.05) is 0 Å². The molecule has 116 valence electrons. The second kappa shape index (κ2) is 5.29. The zero-order valence-electron chi connectivity index (χ0n) is 11.5. The number of hydrogen-bond donors (Lipinski definition) is 1. The fourth-order valence-electron chi connectivity index (χ4n) is 2.17. The zero-order valence-corrected chi connectivity index (χ0v) is 12.3. The molecule has 0 unspecified atom stereocenters. The predicted molar refractivity (Wildman–Crippen MR) is 80.9 cm³/mol. The average Bonchev–Trinajstić information content (AvgIpc) is 2.55. The molecule has 2 aromatic carbocycles. The van der Waals surface area contributed by atoms with Crippen molar-refractivity contribution >= 4 is 26.4 Å². The van der Waals surface area contributed by atoms with Crippen LogP contribution in [0.3, 0.4) is 0 Å². The molecule has 0 saturated carbocycles. The molecular weight excluding hydrogens is 322 g/mol. The SMILES string of the molecule is O=c1[nH]cnc2cc(S(=O)(=O)c3ccccc3)c([N+](=O)[O-])cc12. The fraction of sp³-hybridized carbons (Fsp3) is 0. The Morgan fingerprint density at radius 2 is 1.83 bits per heavy atom. The van der Waals surface area contributed by atoms with Gasteiger partial charge in [-0.15, -0.1) is 0 Å². The van der Waals surface area contributed by atoms with E-state index in [9.17, 15) is 23.3 Å². The number of nitrogens with zero attached hydrogens (tertiary/aromatic N) is 2. The highest BCUT2D eigenvalue weighted by molar-refractivity contribution is 7.91. The van der Waals surface area contributed by atoms with Crippen molar-refractivity contribution in [3.05, 3.63) is 69.3 Å². The third-order valence-electron chi connectivity index (χ3n) is 3.26. The van der Waals surface area contributed by atoms with Crippen molar-refractivity contribution in [3.8, 4) is 0 Å². The van der Waals surface area contributed by atoms with Crippen LogP contribution in [-0.4, -0.2) is 23.3 Å². The summed E-state index contributed by atoms with van der Waals surface area (Å²) in [6.45, 7) is 0. The molecule has 23 heavy (non-hydrogen) atoms. The van der Waals surface area contributed by atoms with E-state index in [1.54, 1.807) is 6.07 Å². The minimum atomic E-state index is -4.11. The molecule has 0 atom stereocenters. The first kappa shape index (κ1) is 14.9. The summed E-state index contributed by atoms with van der Waals surface area (Å²) in [7, 11) is -4.11. The lowest BCUT2D eigenvalue weighted by Gasteiger charge is -2.06. The summed E-state index contributed by atoms with van der Waals surface area (Å²) in [4.78, 5) is 27.7. The molecule has 1 aromatic heterocycles. The van der Waals surface area contributed by atoms with Gasteiger partial charge in [0.25, 0.3) is 11.2 Å². The zero-order chi connectivity index (χ0) is 16.6. The Morgan fingerprint density at radius 1 is 1.13 bits per heavy atom. The van der Waals surface area contributed by atoms with E-state index in [2.05, 4.69) is 9.97 Å². The number of nitro groups is 1. The van der Waals surface area contributed by atoms with Gasteiger partial charge in [0.15, 0.2) is 4.90 Å². The molecular formula is C14H9N3O5S. The topological polar surface area (TPSA) is 123 Å². The summed E-state index contributed by atoms with van der Waals surface area (Å²) in [6, 6.07) is 9.32. The maximum atomic E-state index is 12.7. The van der Waals surface area contributed by atoms with Crippen LogP contribution in [0.25, 0.3) is 10.9 Å². The number of nitrogens with one attached hydrogen (secondary N) is 1. The quantitative estimate of drug-likeness (QED) is 0.575. The summed E-state index contributed by atoms with van der Waals surface area (Å²) in [5.41, 5.74) is -1.18. The van der Waals surface area contributed by atoms with Gasteiger partial charge in [-0.1, -0.05) is 18.2 Å². The van der Waals surface area contributed by atoms with E-state index < -0.39 is 30.9 Å². The molecule has 0 amide bonds. The highest BCUT2D eigenvalue weighted by atomic mass is 32.2. The number of sulfone groups is 1. The van der Waals surface area contributed by atoms with E-state index in [0.717, 1.165) is 18.5 Å². The van der Waals surface area contributed by atoms with E-state index in [4.69, 9.17) is 0 Å². The van der Waals surface area contributed by atoms with Gasteiger partial charge in [0.1, 0.15) is 0 Å². The van der Waals surface area contributed by atoms with E-state index >= 15 is 0 Å². The third kappa shape index (κ3) is 2.46. The lowest BCUT2D eigenvalue weighted by molar-refractivity contribution is -0.387. The molecule has 1 heterocycles. The standard InChI is InChI=1S/C14H9N3O5S/c18-14-10-6-12(17(19)20)13(7-11(10)15-8-16-14)23(21,22)9-4-2-1-3-5-9/h1-8H,(H,15,16,18). The molecule has 0 aliphatic rings. The Bertz CT molecular complexity index is 1070. The van der Waals surface area contributed by atoms with Crippen LogP contribution >= 0.6 is 0 Å². The summed E-state index contributed by atoms with van der Waals surface area (Å²) < 4.78 is 25.3. The van der Waals surface area contributed by atoms with Crippen molar-refractivity contribution in [3.63, 3.8) is 0 Å². The van der Waals surface area contributed by atoms with Gasteiger partial charge in [-0.05, 0) is 18.2 Å². The van der Waals surface area contributed by atoms with Gasteiger partial charge in [-0.3, -0.25) is 14.9 Å². The molecule has 1 N–H and O–H groups in total. The smallest absolute Gasteiger partial charge is 0.289 e. The Hall–Kier alpha value is -3.07. The number of aromatic amines is 1. The molecule has 9 heteroatoms. The monoisotopic (exact) mass is 331 g/mol. The number of nitro benzene ring substituents is 1. The summed E-state index contributed by atoms with van der Waals surface area (Å²) in [6.07, 6.45) is 1.11. The van der Waals surface area contributed by atoms with Gasteiger partial charge in [0, 0.05) is 6.07 Å². The van der Waals surface area contributed by atoms with Crippen molar-refractivity contribution in [2.45, 2.75) is 9.79 Å². The molecule has 0 spiro atoms. The molecule has 8 nitrogen and oxygen atoms in total. The van der Waals surface area contributed by atoms with Gasteiger partial charge < -0.3 is 4.98 Å². The van der Waals surface area contributed by atoms with Crippen LogP contribution in [0.1, 0.15) is 0 Å². The maximum absolute atomic E-state index is 12.7. The maximum Gasteiger partial charge on any atom is 0.289 e. The van der Waals surface area contributed by atoms with E-state index in [0.29, 0.717) is 0 Å². The molecule has 3 rings (SSSR count). The highest BCUT2D eigenvalue weighted by Crippen LogP contribution is 2.31. The van der Waals surface area contributed by atoms with Crippen LogP contribution in [0.15, 0.2) is 63.4 Å². The summed E-state index contributed by atoms with van der Waals surface area (Å²) in [5, 5.41) is 11.2. The van der Waals surface area contributed by atoms with E-state index in [-0.39, 0.29) is 15.8 Å². The number of rotatable bonds is 3. The molecule has 0 saturated heterocycles. The minimum absolute atomic E-state index is 0.0498. The third-order valence-corrected chi connectivity index (χ3v) is 5.06. The van der Waals surface area contributed by atoms with Crippen LogP contribution in [0.5, 0.6) is 0 Å². The number of H-pyrrole nitrogens is 1.